The molecule has 3 aromatic rings. The van der Waals surface area contributed by atoms with E-state index >= 15 is 0 Å². The number of rotatable bonds is 4. The fourth-order valence-corrected chi connectivity index (χ4v) is 2.04. The Morgan fingerprint density at radius 1 is 1.28 bits per heavy atom. The van der Waals surface area contributed by atoms with Gasteiger partial charge in [-0.1, -0.05) is 5.16 Å². The number of nitrogens with one attached hydrogen (secondary N) is 1. The molecular formula is C15H12F3N5O2. The highest BCUT2D eigenvalue weighted by molar-refractivity contribution is 5.72. The Hall–Kier alpha value is -3.17. The van der Waals surface area contributed by atoms with Crippen molar-refractivity contribution in [2.24, 2.45) is 0 Å². The van der Waals surface area contributed by atoms with E-state index in [1.807, 2.05) is 0 Å². The van der Waals surface area contributed by atoms with E-state index in [-0.39, 0.29) is 11.7 Å². The largest absolute Gasteiger partial charge is 0.471 e. The fraction of sp³-hybridized carbons (Fsp3) is 0.200. The first kappa shape index (κ1) is 16.7. The molecule has 0 spiro atoms. The zero-order valence-corrected chi connectivity index (χ0v) is 12.9. The summed E-state index contributed by atoms with van der Waals surface area (Å²) in [5.74, 6) is -1.68. The molecule has 0 saturated heterocycles. The summed E-state index contributed by atoms with van der Waals surface area (Å²) in [5.41, 5.74) is 1.89. The van der Waals surface area contributed by atoms with Gasteiger partial charge in [0.05, 0.1) is 11.9 Å². The molecule has 1 amide bonds. The summed E-state index contributed by atoms with van der Waals surface area (Å²) in [7, 11) is 0. The first-order valence-electron chi connectivity index (χ1n) is 7.12. The number of alkyl halides is 3. The molecule has 0 aliphatic heterocycles. The molecule has 2 heterocycles. The van der Waals surface area contributed by atoms with Crippen LogP contribution in [0, 0.1) is 0 Å². The van der Waals surface area contributed by atoms with Crippen LogP contribution in [0.1, 0.15) is 18.4 Å². The van der Waals surface area contributed by atoms with Gasteiger partial charge in [0.25, 0.3) is 0 Å². The summed E-state index contributed by atoms with van der Waals surface area (Å²) in [4.78, 5) is 14.2. The van der Waals surface area contributed by atoms with Crippen molar-refractivity contribution in [3.05, 3.63) is 48.1 Å². The highest BCUT2D eigenvalue weighted by atomic mass is 19.4. The van der Waals surface area contributed by atoms with Gasteiger partial charge in [-0.2, -0.15) is 23.3 Å². The highest BCUT2D eigenvalue weighted by Gasteiger charge is 2.38. The van der Waals surface area contributed by atoms with E-state index in [4.69, 9.17) is 0 Å². The zero-order valence-electron chi connectivity index (χ0n) is 12.9. The highest BCUT2D eigenvalue weighted by Crippen LogP contribution is 2.29. The standard InChI is InChI=1S/C15H12F3N5O2/c1-9(24)19-6-10-7-20-23(8-10)12-4-2-11(3-5-12)13-21-14(25-22-13)15(16,17)18/h2-5,7-8H,6H2,1H3,(H,19,24). The van der Waals surface area contributed by atoms with Crippen molar-refractivity contribution < 1.29 is 22.5 Å². The predicted octanol–water partition coefficient (Wildman–Crippen LogP) is 2.58. The third-order valence-electron chi connectivity index (χ3n) is 3.24. The zero-order chi connectivity index (χ0) is 18.0. The predicted molar refractivity (Wildman–Crippen MR) is 79.4 cm³/mol. The minimum absolute atomic E-state index is 0.143. The number of carbonyl (C=O) groups excluding carboxylic acids is 1. The summed E-state index contributed by atoms with van der Waals surface area (Å²) in [6.07, 6.45) is -1.33. The normalized spacial score (nSPS) is 11.5. The molecule has 3 rings (SSSR count). The van der Waals surface area contributed by atoms with Gasteiger partial charge < -0.3 is 9.84 Å². The molecule has 0 aliphatic rings. The van der Waals surface area contributed by atoms with Crippen LogP contribution in [-0.4, -0.2) is 25.8 Å². The van der Waals surface area contributed by atoms with Gasteiger partial charge in [-0.05, 0) is 24.3 Å². The van der Waals surface area contributed by atoms with Gasteiger partial charge in [0, 0.05) is 30.8 Å². The molecule has 0 radical (unpaired) electrons. The van der Waals surface area contributed by atoms with Gasteiger partial charge in [-0.3, -0.25) is 4.79 Å². The molecule has 1 aromatic carbocycles. The lowest BCUT2D eigenvalue weighted by molar-refractivity contribution is -0.159. The van der Waals surface area contributed by atoms with Crippen molar-refractivity contribution in [2.75, 3.05) is 0 Å². The molecule has 0 saturated carbocycles. The monoisotopic (exact) mass is 351 g/mol. The Kier molecular flexibility index (Phi) is 4.26. The molecule has 2 aromatic heterocycles. The number of amides is 1. The number of halogens is 3. The van der Waals surface area contributed by atoms with Gasteiger partial charge >= 0.3 is 12.1 Å². The molecule has 0 fully saturated rings. The molecular weight excluding hydrogens is 339 g/mol. The second-order valence-corrected chi connectivity index (χ2v) is 5.17. The molecule has 7 nitrogen and oxygen atoms in total. The summed E-state index contributed by atoms with van der Waals surface area (Å²) < 4.78 is 43.2. The molecule has 0 unspecified atom stereocenters. The van der Waals surface area contributed by atoms with Crippen LogP contribution in [0.25, 0.3) is 17.1 Å². The van der Waals surface area contributed by atoms with Crippen LogP contribution < -0.4 is 5.32 Å². The van der Waals surface area contributed by atoms with Crippen LogP contribution in [-0.2, 0) is 17.5 Å². The number of benzene rings is 1. The van der Waals surface area contributed by atoms with E-state index in [9.17, 15) is 18.0 Å². The van der Waals surface area contributed by atoms with Crippen LogP contribution in [0.3, 0.4) is 0 Å². The average Bonchev–Trinajstić information content (AvgIpc) is 3.22. The van der Waals surface area contributed by atoms with Crippen LogP contribution in [0.15, 0.2) is 41.2 Å². The Balaban J connectivity index is 1.76. The molecule has 10 heteroatoms. The second-order valence-electron chi connectivity index (χ2n) is 5.17. The van der Waals surface area contributed by atoms with Gasteiger partial charge in [0.15, 0.2) is 0 Å². The van der Waals surface area contributed by atoms with Crippen molar-refractivity contribution in [3.8, 4) is 17.1 Å². The third kappa shape index (κ3) is 3.84. The summed E-state index contributed by atoms with van der Waals surface area (Å²) in [6, 6.07) is 6.45. The number of hydrogen-bond donors (Lipinski definition) is 1. The van der Waals surface area contributed by atoms with E-state index in [0.717, 1.165) is 5.56 Å². The molecule has 0 aliphatic carbocycles. The second kappa shape index (κ2) is 6.38. The SMILES string of the molecule is CC(=O)NCc1cnn(-c2ccc(-c3noc(C(F)(F)F)n3)cc2)c1. The van der Waals surface area contributed by atoms with E-state index in [1.165, 1.54) is 6.92 Å². The quantitative estimate of drug-likeness (QED) is 0.781. The molecule has 130 valence electrons. The summed E-state index contributed by atoms with van der Waals surface area (Å²) >= 11 is 0. The summed E-state index contributed by atoms with van der Waals surface area (Å²) in [6.45, 7) is 1.78. The molecule has 1 N–H and O–H groups in total. The van der Waals surface area contributed by atoms with E-state index < -0.39 is 12.1 Å². The molecule has 25 heavy (non-hydrogen) atoms. The number of aromatic nitrogens is 4. The Morgan fingerprint density at radius 2 is 2.00 bits per heavy atom. The maximum absolute atomic E-state index is 12.5. The van der Waals surface area contributed by atoms with Crippen molar-refractivity contribution >= 4 is 5.91 Å². The van der Waals surface area contributed by atoms with Crippen LogP contribution in [0.5, 0.6) is 0 Å². The molecule has 0 bridgehead atoms. The smallest absolute Gasteiger partial charge is 0.352 e. The lowest BCUT2D eigenvalue weighted by Gasteiger charge is -2.02. The van der Waals surface area contributed by atoms with E-state index in [1.54, 1.807) is 41.3 Å². The Morgan fingerprint density at radius 3 is 2.60 bits per heavy atom. The Bertz CT molecular complexity index is 883. The fourth-order valence-electron chi connectivity index (χ4n) is 2.04. The lowest BCUT2D eigenvalue weighted by atomic mass is 10.2. The number of nitrogens with zero attached hydrogens (tertiary/aromatic N) is 4. The van der Waals surface area contributed by atoms with Crippen LogP contribution >= 0.6 is 0 Å². The van der Waals surface area contributed by atoms with Crippen molar-refractivity contribution in [1.29, 1.82) is 0 Å². The summed E-state index contributed by atoms with van der Waals surface area (Å²) in [5, 5.41) is 10.2. The van der Waals surface area contributed by atoms with Gasteiger partial charge in [0.2, 0.25) is 11.7 Å². The van der Waals surface area contributed by atoms with E-state index in [2.05, 4.69) is 25.1 Å². The topological polar surface area (TPSA) is 85.8 Å². The lowest BCUT2D eigenvalue weighted by Crippen LogP contribution is -2.18. The van der Waals surface area contributed by atoms with Crippen LogP contribution in [0.2, 0.25) is 0 Å². The minimum atomic E-state index is -4.68. The first-order chi connectivity index (χ1) is 11.8. The van der Waals surface area contributed by atoms with Gasteiger partial charge in [-0.15, -0.1) is 0 Å². The number of hydrogen-bond acceptors (Lipinski definition) is 5. The van der Waals surface area contributed by atoms with Crippen molar-refractivity contribution in [3.63, 3.8) is 0 Å². The van der Waals surface area contributed by atoms with Crippen molar-refractivity contribution in [2.45, 2.75) is 19.6 Å². The van der Waals surface area contributed by atoms with Crippen LogP contribution in [0.4, 0.5) is 13.2 Å². The van der Waals surface area contributed by atoms with Gasteiger partial charge in [0.1, 0.15) is 0 Å². The third-order valence-corrected chi connectivity index (χ3v) is 3.24. The Labute approximate surface area is 139 Å². The molecule has 0 atom stereocenters. The van der Waals surface area contributed by atoms with E-state index in [0.29, 0.717) is 17.8 Å². The average molecular weight is 351 g/mol. The number of carbonyl (C=O) groups is 1. The maximum atomic E-state index is 12.5. The van der Waals surface area contributed by atoms with Crippen molar-refractivity contribution in [1.82, 2.24) is 25.2 Å². The minimum Gasteiger partial charge on any atom is -0.352 e. The maximum Gasteiger partial charge on any atom is 0.471 e. The first-order valence-corrected chi connectivity index (χ1v) is 7.12. The van der Waals surface area contributed by atoms with Gasteiger partial charge in [-0.25, -0.2) is 4.68 Å².